The van der Waals surface area contributed by atoms with Crippen LogP contribution in [0.4, 0.5) is 5.69 Å². The highest BCUT2D eigenvalue weighted by atomic mass is 32.2. The van der Waals surface area contributed by atoms with Crippen LogP contribution in [0.2, 0.25) is 0 Å². The molecule has 2 rings (SSSR count). The van der Waals surface area contributed by atoms with Crippen LogP contribution in [0.5, 0.6) is 5.75 Å². The molecule has 1 aliphatic heterocycles. The molecule has 0 fully saturated rings. The Balaban J connectivity index is 2.13. The van der Waals surface area contributed by atoms with Crippen LogP contribution in [0, 0.1) is 5.92 Å². The number of nitrogens with one attached hydrogen (secondary N) is 3. The number of ether oxygens (including phenoxy) is 1. The predicted molar refractivity (Wildman–Crippen MR) is 78.8 cm³/mol. The molecule has 0 spiro atoms. The van der Waals surface area contributed by atoms with Crippen molar-refractivity contribution in [3.8, 4) is 5.75 Å². The molecule has 0 radical (unpaired) electrons. The van der Waals surface area contributed by atoms with Crippen LogP contribution >= 0.6 is 0 Å². The number of anilines is 1. The van der Waals surface area contributed by atoms with Crippen molar-refractivity contribution < 1.29 is 17.9 Å². The second kappa shape index (κ2) is 6.42. The molecule has 1 heterocycles. The zero-order chi connectivity index (χ0) is 15.5. The Morgan fingerprint density at radius 2 is 2.14 bits per heavy atom. The smallest absolute Gasteiger partial charge is 0.262 e. The molecule has 7 nitrogen and oxygen atoms in total. The second-order valence-electron chi connectivity index (χ2n) is 5.01. The topological polar surface area (TPSA) is 96.5 Å². The van der Waals surface area contributed by atoms with Crippen LogP contribution < -0.4 is 20.1 Å². The van der Waals surface area contributed by atoms with Crippen LogP contribution in [-0.2, 0) is 14.8 Å². The largest absolute Gasteiger partial charge is 0.482 e. The molecular weight excluding hydrogens is 294 g/mol. The lowest BCUT2D eigenvalue weighted by Gasteiger charge is -2.19. The van der Waals surface area contributed by atoms with Gasteiger partial charge in [-0.15, -0.1) is 0 Å². The lowest BCUT2D eigenvalue weighted by atomic mass is 10.2. The van der Waals surface area contributed by atoms with Gasteiger partial charge in [0.1, 0.15) is 5.75 Å². The quantitative estimate of drug-likeness (QED) is 0.695. The average Bonchev–Trinajstić information content (AvgIpc) is 2.45. The molecule has 0 aliphatic carbocycles. The lowest BCUT2D eigenvalue weighted by molar-refractivity contribution is -0.118. The first-order chi connectivity index (χ1) is 9.92. The maximum absolute atomic E-state index is 12.2. The van der Waals surface area contributed by atoms with Gasteiger partial charge < -0.3 is 15.4 Å². The minimum absolute atomic E-state index is 0.0567. The van der Waals surface area contributed by atoms with Crippen LogP contribution in [0.1, 0.15) is 6.92 Å². The van der Waals surface area contributed by atoms with E-state index in [1.165, 1.54) is 12.1 Å². The summed E-state index contributed by atoms with van der Waals surface area (Å²) in [5.74, 6) is 0.343. The van der Waals surface area contributed by atoms with Gasteiger partial charge in [0.25, 0.3) is 5.91 Å². The van der Waals surface area contributed by atoms with Crippen molar-refractivity contribution in [2.45, 2.75) is 11.8 Å². The molecule has 21 heavy (non-hydrogen) atoms. The van der Waals surface area contributed by atoms with Gasteiger partial charge in [0.2, 0.25) is 10.0 Å². The zero-order valence-corrected chi connectivity index (χ0v) is 12.8. The number of amides is 1. The molecule has 1 unspecified atom stereocenters. The molecule has 116 valence electrons. The van der Waals surface area contributed by atoms with E-state index >= 15 is 0 Å². The number of fused-ring (bicyclic) bond motifs is 1. The van der Waals surface area contributed by atoms with Crippen molar-refractivity contribution in [2.24, 2.45) is 5.92 Å². The third kappa shape index (κ3) is 3.93. The number of hydrogen-bond acceptors (Lipinski definition) is 5. The molecule has 1 aromatic carbocycles. The highest BCUT2D eigenvalue weighted by molar-refractivity contribution is 7.89. The summed E-state index contributed by atoms with van der Waals surface area (Å²) in [6.07, 6.45) is 0. The maximum Gasteiger partial charge on any atom is 0.262 e. The van der Waals surface area contributed by atoms with Crippen LogP contribution in [0.25, 0.3) is 0 Å². The second-order valence-corrected chi connectivity index (χ2v) is 6.78. The van der Waals surface area contributed by atoms with Crippen molar-refractivity contribution in [2.75, 3.05) is 32.1 Å². The number of carbonyl (C=O) groups excluding carboxylic acids is 1. The van der Waals surface area contributed by atoms with Crippen LogP contribution in [0.15, 0.2) is 23.1 Å². The van der Waals surface area contributed by atoms with E-state index in [0.29, 0.717) is 18.0 Å². The number of benzene rings is 1. The maximum atomic E-state index is 12.2. The highest BCUT2D eigenvalue weighted by Crippen LogP contribution is 2.29. The molecule has 0 bridgehead atoms. The van der Waals surface area contributed by atoms with Gasteiger partial charge in [-0.05, 0) is 37.7 Å². The third-order valence-electron chi connectivity index (χ3n) is 3.07. The lowest BCUT2D eigenvalue weighted by Crippen LogP contribution is -2.32. The SMILES string of the molecule is CNCC(C)CNS(=O)(=O)c1ccc2c(c1)NC(=O)CO2. The number of rotatable bonds is 6. The monoisotopic (exact) mass is 313 g/mol. The fourth-order valence-corrected chi connectivity index (χ4v) is 3.18. The van der Waals surface area contributed by atoms with Crippen molar-refractivity contribution in [1.82, 2.24) is 10.0 Å². The Hall–Kier alpha value is -1.64. The Morgan fingerprint density at radius 3 is 2.86 bits per heavy atom. The van der Waals surface area contributed by atoms with Crippen molar-refractivity contribution >= 4 is 21.6 Å². The summed E-state index contributed by atoms with van der Waals surface area (Å²) in [6, 6.07) is 4.40. The first-order valence-electron chi connectivity index (χ1n) is 6.63. The van der Waals surface area contributed by atoms with E-state index in [2.05, 4.69) is 15.4 Å². The van der Waals surface area contributed by atoms with E-state index in [-0.39, 0.29) is 23.3 Å². The summed E-state index contributed by atoms with van der Waals surface area (Å²) < 4.78 is 32.2. The highest BCUT2D eigenvalue weighted by Gasteiger charge is 2.21. The number of carbonyl (C=O) groups is 1. The summed E-state index contributed by atoms with van der Waals surface area (Å²) >= 11 is 0. The van der Waals surface area contributed by atoms with Gasteiger partial charge in [-0.2, -0.15) is 0 Å². The van der Waals surface area contributed by atoms with E-state index in [1.54, 1.807) is 6.07 Å². The van der Waals surface area contributed by atoms with Crippen LogP contribution in [-0.4, -0.2) is 41.1 Å². The van der Waals surface area contributed by atoms with Gasteiger partial charge in [-0.3, -0.25) is 4.79 Å². The molecule has 1 aromatic rings. The van der Waals surface area contributed by atoms with E-state index < -0.39 is 10.0 Å². The number of sulfonamides is 1. The van der Waals surface area contributed by atoms with Crippen molar-refractivity contribution in [3.63, 3.8) is 0 Å². The summed E-state index contributed by atoms with van der Waals surface area (Å²) in [5.41, 5.74) is 0.373. The van der Waals surface area contributed by atoms with Crippen LogP contribution in [0.3, 0.4) is 0 Å². The molecule has 0 saturated carbocycles. The first kappa shape index (κ1) is 15.7. The Kier molecular flexibility index (Phi) is 4.81. The van der Waals surface area contributed by atoms with Gasteiger partial charge in [0.15, 0.2) is 6.61 Å². The zero-order valence-electron chi connectivity index (χ0n) is 12.0. The van der Waals surface area contributed by atoms with E-state index in [9.17, 15) is 13.2 Å². The van der Waals surface area contributed by atoms with E-state index in [1.807, 2.05) is 14.0 Å². The summed E-state index contributed by atoms with van der Waals surface area (Å²) in [4.78, 5) is 11.4. The fraction of sp³-hybridized carbons (Fsp3) is 0.462. The Bertz CT molecular complexity index is 630. The van der Waals surface area contributed by atoms with Crippen molar-refractivity contribution in [1.29, 1.82) is 0 Å². The summed E-state index contributed by atoms with van der Waals surface area (Å²) in [7, 11) is -1.79. The average molecular weight is 313 g/mol. The van der Waals surface area contributed by atoms with Crippen molar-refractivity contribution in [3.05, 3.63) is 18.2 Å². The Labute approximate surface area is 124 Å². The number of hydrogen-bond donors (Lipinski definition) is 3. The summed E-state index contributed by atoms with van der Waals surface area (Å²) in [6.45, 7) is 2.94. The van der Waals surface area contributed by atoms with Gasteiger partial charge in [0.05, 0.1) is 10.6 Å². The van der Waals surface area contributed by atoms with Gasteiger partial charge in [-0.1, -0.05) is 6.92 Å². The molecule has 8 heteroatoms. The fourth-order valence-electron chi connectivity index (χ4n) is 1.99. The molecule has 1 amide bonds. The van der Waals surface area contributed by atoms with Gasteiger partial charge >= 0.3 is 0 Å². The predicted octanol–water partition coefficient (Wildman–Crippen LogP) is 0.151. The molecule has 1 aliphatic rings. The standard InChI is InChI=1S/C13H19N3O4S/c1-9(6-14-2)7-15-21(18,19)10-3-4-12-11(5-10)16-13(17)8-20-12/h3-5,9,14-15H,6-8H2,1-2H3,(H,16,17). The minimum atomic E-state index is -3.61. The first-order valence-corrected chi connectivity index (χ1v) is 8.11. The van der Waals surface area contributed by atoms with Gasteiger partial charge in [-0.25, -0.2) is 13.1 Å². The molecule has 0 saturated heterocycles. The van der Waals surface area contributed by atoms with E-state index in [4.69, 9.17) is 4.74 Å². The molecule has 0 aromatic heterocycles. The Morgan fingerprint density at radius 1 is 1.38 bits per heavy atom. The summed E-state index contributed by atoms with van der Waals surface area (Å²) in [5, 5.41) is 5.58. The molecular formula is C13H19N3O4S. The van der Waals surface area contributed by atoms with E-state index in [0.717, 1.165) is 6.54 Å². The molecule has 3 N–H and O–H groups in total. The minimum Gasteiger partial charge on any atom is -0.482 e. The van der Waals surface area contributed by atoms with Gasteiger partial charge in [0, 0.05) is 6.54 Å². The molecule has 1 atom stereocenters. The normalized spacial score (nSPS) is 15.8. The third-order valence-corrected chi connectivity index (χ3v) is 4.49.